The zero-order valence-electron chi connectivity index (χ0n) is 10.1. The van der Waals surface area contributed by atoms with E-state index in [1.54, 1.807) is 6.92 Å². The number of hydrogen-bond acceptors (Lipinski definition) is 2. The second kappa shape index (κ2) is 4.15. The van der Waals surface area contributed by atoms with Crippen LogP contribution in [0.4, 0.5) is 5.69 Å². The second-order valence-electron chi connectivity index (χ2n) is 5.04. The number of fused-ring (bicyclic) bond motifs is 3. The van der Waals surface area contributed by atoms with Gasteiger partial charge in [0.2, 0.25) is 5.91 Å². The van der Waals surface area contributed by atoms with E-state index < -0.39 is 0 Å². The number of nitrogens with one attached hydrogen (secondary N) is 1. The van der Waals surface area contributed by atoms with Crippen molar-refractivity contribution in [1.82, 2.24) is 5.32 Å². The molecule has 0 spiro atoms. The van der Waals surface area contributed by atoms with E-state index in [1.165, 1.54) is 5.56 Å². The number of carbonyl (C=O) groups excluding carboxylic acids is 1. The fourth-order valence-electron chi connectivity index (χ4n) is 3.19. The van der Waals surface area contributed by atoms with E-state index in [9.17, 15) is 4.79 Å². The molecular formula is C14H18N2O. The van der Waals surface area contributed by atoms with Gasteiger partial charge < -0.3 is 10.2 Å². The highest BCUT2D eigenvalue weighted by atomic mass is 16.2. The number of anilines is 1. The molecule has 3 heteroatoms. The highest BCUT2D eigenvalue weighted by Crippen LogP contribution is 2.39. The highest BCUT2D eigenvalue weighted by Gasteiger charge is 2.34. The summed E-state index contributed by atoms with van der Waals surface area (Å²) in [6.07, 6.45) is 1.10. The number of amides is 1. The van der Waals surface area contributed by atoms with Crippen molar-refractivity contribution in [2.24, 2.45) is 5.92 Å². The van der Waals surface area contributed by atoms with Crippen LogP contribution < -0.4 is 10.2 Å². The minimum absolute atomic E-state index is 0.158. The predicted octanol–water partition coefficient (Wildman–Crippen LogP) is 1.75. The Labute approximate surface area is 102 Å². The van der Waals surface area contributed by atoms with E-state index in [0.29, 0.717) is 11.8 Å². The summed E-state index contributed by atoms with van der Waals surface area (Å²) in [5.74, 6) is 1.42. The van der Waals surface area contributed by atoms with Crippen molar-refractivity contribution in [2.45, 2.75) is 19.3 Å². The van der Waals surface area contributed by atoms with Crippen LogP contribution in [-0.4, -0.2) is 25.5 Å². The van der Waals surface area contributed by atoms with E-state index >= 15 is 0 Å². The molecule has 0 unspecified atom stereocenters. The van der Waals surface area contributed by atoms with Gasteiger partial charge in [-0.2, -0.15) is 0 Å². The summed E-state index contributed by atoms with van der Waals surface area (Å²) >= 11 is 0. The molecule has 3 rings (SSSR count). The van der Waals surface area contributed by atoms with Crippen molar-refractivity contribution in [3.63, 3.8) is 0 Å². The Kier molecular flexibility index (Phi) is 2.63. The molecule has 2 atom stereocenters. The van der Waals surface area contributed by atoms with E-state index in [1.807, 2.05) is 11.0 Å². The Balaban J connectivity index is 2.08. The lowest BCUT2D eigenvalue weighted by atomic mass is 9.87. The van der Waals surface area contributed by atoms with Crippen LogP contribution in [0, 0.1) is 5.92 Å². The number of rotatable bonds is 0. The van der Waals surface area contributed by atoms with E-state index in [4.69, 9.17) is 0 Å². The summed E-state index contributed by atoms with van der Waals surface area (Å²) < 4.78 is 0. The molecule has 17 heavy (non-hydrogen) atoms. The van der Waals surface area contributed by atoms with Crippen molar-refractivity contribution in [3.05, 3.63) is 29.8 Å². The molecule has 2 heterocycles. The van der Waals surface area contributed by atoms with E-state index in [2.05, 4.69) is 23.5 Å². The van der Waals surface area contributed by atoms with Crippen LogP contribution in [0.5, 0.6) is 0 Å². The Hall–Kier alpha value is -1.35. The summed E-state index contributed by atoms with van der Waals surface area (Å²) in [7, 11) is 0. The third-order valence-corrected chi connectivity index (χ3v) is 4.07. The lowest BCUT2D eigenvalue weighted by Crippen LogP contribution is -2.30. The molecule has 1 amide bonds. The average Bonchev–Trinajstić information content (AvgIpc) is 2.72. The van der Waals surface area contributed by atoms with Crippen LogP contribution in [0.1, 0.15) is 24.8 Å². The zero-order chi connectivity index (χ0) is 11.8. The third kappa shape index (κ3) is 1.75. The van der Waals surface area contributed by atoms with Gasteiger partial charge in [0.1, 0.15) is 0 Å². The molecule has 1 aromatic rings. The molecule has 0 bridgehead atoms. The molecule has 0 saturated carbocycles. The molecule has 1 aromatic carbocycles. The van der Waals surface area contributed by atoms with Gasteiger partial charge in [0.05, 0.1) is 0 Å². The van der Waals surface area contributed by atoms with E-state index in [0.717, 1.165) is 31.7 Å². The molecule has 0 radical (unpaired) electrons. The third-order valence-electron chi connectivity index (χ3n) is 4.07. The number of benzene rings is 1. The molecule has 0 aliphatic carbocycles. The maximum atomic E-state index is 11.7. The lowest BCUT2D eigenvalue weighted by molar-refractivity contribution is -0.116. The first-order valence-corrected chi connectivity index (χ1v) is 6.35. The van der Waals surface area contributed by atoms with Gasteiger partial charge in [0.25, 0.3) is 0 Å². The van der Waals surface area contributed by atoms with Crippen LogP contribution in [0.2, 0.25) is 0 Å². The number of para-hydroxylation sites is 1. The molecule has 3 nitrogen and oxygen atoms in total. The minimum Gasteiger partial charge on any atom is -0.316 e. The van der Waals surface area contributed by atoms with Gasteiger partial charge >= 0.3 is 0 Å². The van der Waals surface area contributed by atoms with Crippen LogP contribution in [0.3, 0.4) is 0 Å². The smallest absolute Gasteiger partial charge is 0.223 e. The van der Waals surface area contributed by atoms with E-state index in [-0.39, 0.29) is 5.91 Å². The summed E-state index contributed by atoms with van der Waals surface area (Å²) in [4.78, 5) is 13.7. The average molecular weight is 230 g/mol. The minimum atomic E-state index is 0.158. The Morgan fingerprint density at radius 3 is 3.00 bits per heavy atom. The highest BCUT2D eigenvalue weighted by molar-refractivity contribution is 5.92. The van der Waals surface area contributed by atoms with Crippen molar-refractivity contribution in [1.29, 1.82) is 0 Å². The maximum absolute atomic E-state index is 11.7. The molecule has 90 valence electrons. The normalized spacial score (nSPS) is 27.2. The molecule has 2 aliphatic heterocycles. The van der Waals surface area contributed by atoms with Gasteiger partial charge in [-0.1, -0.05) is 18.2 Å². The first kappa shape index (κ1) is 10.8. The number of carbonyl (C=O) groups is 1. The van der Waals surface area contributed by atoms with Crippen molar-refractivity contribution in [3.8, 4) is 0 Å². The van der Waals surface area contributed by atoms with Crippen LogP contribution >= 0.6 is 0 Å². The SMILES string of the molecule is CC(=O)N1CC[C@H]2CNC[C@@H]2c2ccccc21. The van der Waals surface area contributed by atoms with Gasteiger partial charge in [-0.25, -0.2) is 0 Å². The first-order chi connectivity index (χ1) is 8.27. The van der Waals surface area contributed by atoms with Crippen molar-refractivity contribution < 1.29 is 4.79 Å². The monoisotopic (exact) mass is 230 g/mol. The largest absolute Gasteiger partial charge is 0.316 e. The standard InChI is InChI=1S/C14H18N2O/c1-10(17)16-7-6-11-8-15-9-13(11)12-4-2-3-5-14(12)16/h2-5,11,13,15H,6-9H2,1H3/t11-,13-/m0/s1. The van der Waals surface area contributed by atoms with Gasteiger partial charge in [0, 0.05) is 31.6 Å². The summed E-state index contributed by atoms with van der Waals surface area (Å²) in [6.45, 7) is 4.66. The molecule has 0 aromatic heterocycles. The van der Waals surface area contributed by atoms with Gasteiger partial charge in [-0.3, -0.25) is 4.79 Å². The first-order valence-electron chi connectivity index (χ1n) is 6.35. The fraction of sp³-hybridized carbons (Fsp3) is 0.500. The van der Waals surface area contributed by atoms with Gasteiger partial charge in [0.15, 0.2) is 0 Å². The maximum Gasteiger partial charge on any atom is 0.223 e. The predicted molar refractivity (Wildman–Crippen MR) is 68.2 cm³/mol. The number of hydrogen-bond donors (Lipinski definition) is 1. The quantitative estimate of drug-likeness (QED) is 0.736. The summed E-state index contributed by atoms with van der Waals surface area (Å²) in [5.41, 5.74) is 2.46. The zero-order valence-corrected chi connectivity index (χ0v) is 10.1. The molecular weight excluding hydrogens is 212 g/mol. The Morgan fingerprint density at radius 2 is 2.18 bits per heavy atom. The molecule has 1 N–H and O–H groups in total. The molecule has 2 aliphatic rings. The fourth-order valence-corrected chi connectivity index (χ4v) is 3.19. The van der Waals surface area contributed by atoms with Gasteiger partial charge in [-0.15, -0.1) is 0 Å². The molecule has 1 saturated heterocycles. The number of nitrogens with zero attached hydrogens (tertiary/aromatic N) is 1. The summed E-state index contributed by atoms with van der Waals surface area (Å²) in [5, 5.41) is 3.47. The lowest BCUT2D eigenvalue weighted by Gasteiger charge is -2.22. The van der Waals surface area contributed by atoms with Crippen molar-refractivity contribution >= 4 is 11.6 Å². The van der Waals surface area contributed by atoms with Crippen molar-refractivity contribution in [2.75, 3.05) is 24.5 Å². The van der Waals surface area contributed by atoms with Crippen LogP contribution in [-0.2, 0) is 4.79 Å². The Morgan fingerprint density at radius 1 is 1.35 bits per heavy atom. The van der Waals surface area contributed by atoms with Crippen LogP contribution in [0.15, 0.2) is 24.3 Å². The Bertz CT molecular complexity index is 444. The van der Waals surface area contributed by atoms with Crippen LogP contribution in [0.25, 0.3) is 0 Å². The van der Waals surface area contributed by atoms with Gasteiger partial charge in [-0.05, 0) is 30.5 Å². The summed E-state index contributed by atoms with van der Waals surface area (Å²) in [6, 6.07) is 8.37. The topological polar surface area (TPSA) is 32.3 Å². The second-order valence-corrected chi connectivity index (χ2v) is 5.04. The molecule has 1 fully saturated rings.